The molecular weight excluding hydrogens is 244 g/mol. The van der Waals surface area contributed by atoms with Crippen LogP contribution in [0.3, 0.4) is 0 Å². The van der Waals surface area contributed by atoms with E-state index in [9.17, 15) is 10.1 Å². The van der Waals surface area contributed by atoms with Crippen LogP contribution >= 0.6 is 11.3 Å². The van der Waals surface area contributed by atoms with Gasteiger partial charge in [0.15, 0.2) is 0 Å². The van der Waals surface area contributed by atoms with E-state index in [-0.39, 0.29) is 11.8 Å². The summed E-state index contributed by atoms with van der Waals surface area (Å²) in [6.07, 6.45) is 2.50. The summed E-state index contributed by atoms with van der Waals surface area (Å²) in [4.78, 5) is 15.1. The maximum Gasteiger partial charge on any atom is 0.224 e. The first-order valence-electron chi connectivity index (χ1n) is 6.41. The molecule has 0 bridgehead atoms. The van der Waals surface area contributed by atoms with Gasteiger partial charge in [-0.05, 0) is 30.2 Å². The second-order valence-corrected chi connectivity index (χ2v) is 5.94. The molecule has 1 aromatic heterocycles. The molecule has 0 radical (unpaired) electrons. The number of amides is 1. The van der Waals surface area contributed by atoms with Gasteiger partial charge in [0.05, 0.1) is 12.0 Å². The van der Waals surface area contributed by atoms with Crippen LogP contribution in [0.4, 0.5) is 0 Å². The fraction of sp³-hybridized carbons (Fsp3) is 0.571. The molecule has 1 amide bonds. The highest BCUT2D eigenvalue weighted by atomic mass is 32.1. The molecule has 3 nitrogen and oxygen atoms in total. The molecule has 0 aromatic carbocycles. The normalized spacial score (nSPS) is 18.3. The van der Waals surface area contributed by atoms with Crippen LogP contribution in [0.2, 0.25) is 0 Å². The Bertz CT molecular complexity index is 427. The van der Waals surface area contributed by atoms with Gasteiger partial charge in [0, 0.05) is 24.4 Å². The molecule has 1 aromatic rings. The van der Waals surface area contributed by atoms with E-state index in [0.717, 1.165) is 36.7 Å². The lowest BCUT2D eigenvalue weighted by Gasteiger charge is -2.30. The van der Waals surface area contributed by atoms with Crippen molar-refractivity contribution in [3.63, 3.8) is 0 Å². The standard InChI is InChI=1S/C14H18N2OS/c1-11-4-6-16(7-5-11)14(17)9-12(10-15)13-3-2-8-18-13/h2-3,8,11-12H,4-7,9H2,1H3. The number of hydrogen-bond acceptors (Lipinski definition) is 3. The SMILES string of the molecule is CC1CCN(C(=O)CC(C#N)c2cccs2)CC1. The van der Waals surface area contributed by atoms with Crippen LogP contribution in [0.1, 0.15) is 37.0 Å². The van der Waals surface area contributed by atoms with Crippen LogP contribution in [0.5, 0.6) is 0 Å². The Morgan fingerprint density at radius 1 is 1.61 bits per heavy atom. The van der Waals surface area contributed by atoms with Crippen LogP contribution in [-0.2, 0) is 4.79 Å². The molecule has 1 aliphatic heterocycles. The first-order valence-corrected chi connectivity index (χ1v) is 7.29. The Balaban J connectivity index is 1.92. The number of nitriles is 1. The topological polar surface area (TPSA) is 44.1 Å². The number of piperidine rings is 1. The number of thiophene rings is 1. The minimum Gasteiger partial charge on any atom is -0.343 e. The molecule has 1 atom stereocenters. The van der Waals surface area contributed by atoms with Crippen molar-refractivity contribution in [2.45, 2.75) is 32.1 Å². The van der Waals surface area contributed by atoms with Gasteiger partial charge in [-0.25, -0.2) is 0 Å². The molecular formula is C14H18N2OS. The van der Waals surface area contributed by atoms with E-state index in [1.807, 2.05) is 22.4 Å². The first kappa shape index (κ1) is 13.1. The highest BCUT2D eigenvalue weighted by molar-refractivity contribution is 7.10. The Morgan fingerprint density at radius 3 is 2.89 bits per heavy atom. The summed E-state index contributed by atoms with van der Waals surface area (Å²) >= 11 is 1.55. The van der Waals surface area contributed by atoms with Crippen LogP contribution in [0.15, 0.2) is 17.5 Å². The zero-order valence-corrected chi connectivity index (χ0v) is 11.4. The highest BCUT2D eigenvalue weighted by Gasteiger charge is 2.24. The summed E-state index contributed by atoms with van der Waals surface area (Å²) in [6.45, 7) is 3.93. The van der Waals surface area contributed by atoms with E-state index in [2.05, 4.69) is 13.0 Å². The summed E-state index contributed by atoms with van der Waals surface area (Å²) in [5.41, 5.74) is 0. The van der Waals surface area contributed by atoms with Crippen molar-refractivity contribution < 1.29 is 4.79 Å². The van der Waals surface area contributed by atoms with Crippen molar-refractivity contribution >= 4 is 17.2 Å². The van der Waals surface area contributed by atoms with Crippen molar-refractivity contribution in [1.82, 2.24) is 4.90 Å². The van der Waals surface area contributed by atoms with Crippen LogP contribution in [0.25, 0.3) is 0 Å². The van der Waals surface area contributed by atoms with E-state index < -0.39 is 0 Å². The molecule has 0 spiro atoms. The molecule has 1 fully saturated rings. The Labute approximate surface area is 112 Å². The third kappa shape index (κ3) is 3.11. The van der Waals surface area contributed by atoms with E-state index in [4.69, 9.17) is 0 Å². The van der Waals surface area contributed by atoms with Crippen molar-refractivity contribution in [2.75, 3.05) is 13.1 Å². The lowest BCUT2D eigenvalue weighted by Crippen LogP contribution is -2.38. The van der Waals surface area contributed by atoms with Crippen molar-refractivity contribution in [3.05, 3.63) is 22.4 Å². The molecule has 0 N–H and O–H groups in total. The summed E-state index contributed by atoms with van der Waals surface area (Å²) < 4.78 is 0. The number of rotatable bonds is 3. The van der Waals surface area contributed by atoms with Gasteiger partial charge in [-0.15, -0.1) is 11.3 Å². The molecule has 0 aliphatic carbocycles. The molecule has 1 saturated heterocycles. The highest BCUT2D eigenvalue weighted by Crippen LogP contribution is 2.25. The quantitative estimate of drug-likeness (QED) is 0.840. The Morgan fingerprint density at radius 2 is 2.33 bits per heavy atom. The lowest BCUT2D eigenvalue weighted by molar-refractivity contribution is -0.132. The number of carbonyl (C=O) groups excluding carboxylic acids is 1. The minimum atomic E-state index is -0.281. The molecule has 4 heteroatoms. The van der Waals surface area contributed by atoms with Crippen molar-refractivity contribution in [1.29, 1.82) is 5.26 Å². The van der Waals surface area contributed by atoms with E-state index in [1.165, 1.54) is 0 Å². The summed E-state index contributed by atoms with van der Waals surface area (Å²) in [7, 11) is 0. The molecule has 2 rings (SSSR count). The summed E-state index contributed by atoms with van der Waals surface area (Å²) in [6, 6.07) is 6.11. The second kappa shape index (κ2) is 6.01. The van der Waals surface area contributed by atoms with Gasteiger partial charge in [0.2, 0.25) is 5.91 Å². The monoisotopic (exact) mass is 262 g/mol. The zero-order chi connectivity index (χ0) is 13.0. The van der Waals surface area contributed by atoms with Gasteiger partial charge < -0.3 is 4.90 Å². The first-order chi connectivity index (χ1) is 8.70. The fourth-order valence-corrected chi connectivity index (χ4v) is 3.03. The maximum absolute atomic E-state index is 12.1. The van der Waals surface area contributed by atoms with E-state index >= 15 is 0 Å². The third-order valence-corrected chi connectivity index (χ3v) is 4.54. The fourth-order valence-electron chi connectivity index (χ4n) is 2.26. The van der Waals surface area contributed by atoms with Crippen molar-refractivity contribution in [2.24, 2.45) is 5.92 Å². The second-order valence-electron chi connectivity index (χ2n) is 4.96. The van der Waals surface area contributed by atoms with Crippen molar-refractivity contribution in [3.8, 4) is 6.07 Å². The number of hydrogen-bond donors (Lipinski definition) is 0. The van der Waals surface area contributed by atoms with Crippen LogP contribution in [-0.4, -0.2) is 23.9 Å². The Hall–Kier alpha value is -1.34. The summed E-state index contributed by atoms with van der Waals surface area (Å²) in [5, 5.41) is 11.1. The smallest absolute Gasteiger partial charge is 0.224 e. The average Bonchev–Trinajstić information content (AvgIpc) is 2.90. The number of carbonyl (C=O) groups is 1. The molecule has 1 aliphatic rings. The third-order valence-electron chi connectivity index (χ3n) is 3.56. The largest absolute Gasteiger partial charge is 0.343 e. The Kier molecular flexibility index (Phi) is 4.38. The van der Waals surface area contributed by atoms with E-state index in [1.54, 1.807) is 11.3 Å². The molecule has 18 heavy (non-hydrogen) atoms. The van der Waals surface area contributed by atoms with Gasteiger partial charge in [0.1, 0.15) is 0 Å². The number of likely N-dealkylation sites (tertiary alicyclic amines) is 1. The molecule has 96 valence electrons. The van der Waals surface area contributed by atoms with E-state index in [0.29, 0.717) is 6.42 Å². The predicted molar refractivity (Wildman–Crippen MR) is 72.3 cm³/mol. The lowest BCUT2D eigenvalue weighted by atomic mass is 9.98. The zero-order valence-electron chi connectivity index (χ0n) is 10.6. The van der Waals surface area contributed by atoms with Gasteiger partial charge in [-0.2, -0.15) is 5.26 Å². The number of nitrogens with zero attached hydrogens (tertiary/aromatic N) is 2. The minimum absolute atomic E-state index is 0.127. The van der Waals surface area contributed by atoms with Gasteiger partial charge in [-0.3, -0.25) is 4.79 Å². The van der Waals surface area contributed by atoms with Gasteiger partial charge in [0.25, 0.3) is 0 Å². The van der Waals surface area contributed by atoms with Crippen LogP contribution in [0, 0.1) is 17.2 Å². The summed E-state index contributed by atoms with van der Waals surface area (Å²) in [5.74, 6) is 0.566. The average molecular weight is 262 g/mol. The van der Waals surface area contributed by atoms with Gasteiger partial charge in [-0.1, -0.05) is 13.0 Å². The molecule has 0 saturated carbocycles. The predicted octanol–water partition coefficient (Wildman–Crippen LogP) is 3.00. The maximum atomic E-state index is 12.1. The molecule has 1 unspecified atom stereocenters. The van der Waals surface area contributed by atoms with Gasteiger partial charge >= 0.3 is 0 Å². The van der Waals surface area contributed by atoms with Crippen LogP contribution < -0.4 is 0 Å². The molecule has 2 heterocycles.